The number of hydrogen-bond donors (Lipinski definition) is 1. The molecule has 0 fully saturated rings. The highest BCUT2D eigenvalue weighted by atomic mass is 16.5. The lowest BCUT2D eigenvalue weighted by Crippen LogP contribution is -2.50. The Labute approximate surface area is 168 Å². The minimum Gasteiger partial charge on any atom is -0.477 e. The predicted octanol–water partition coefficient (Wildman–Crippen LogP) is 3.63. The van der Waals surface area contributed by atoms with Gasteiger partial charge in [0.05, 0.1) is 12.2 Å². The van der Waals surface area contributed by atoms with Crippen molar-refractivity contribution in [3.8, 4) is 17.2 Å². The minimum absolute atomic E-state index is 0.137. The van der Waals surface area contributed by atoms with Gasteiger partial charge >= 0.3 is 0 Å². The summed E-state index contributed by atoms with van der Waals surface area (Å²) in [6, 6.07) is 23.6. The number of nitrogens with one attached hydrogen (secondary N) is 1. The summed E-state index contributed by atoms with van der Waals surface area (Å²) in [5.74, 6) is 1.38. The van der Waals surface area contributed by atoms with Gasteiger partial charge in [-0.15, -0.1) is 0 Å². The van der Waals surface area contributed by atoms with E-state index < -0.39 is 6.10 Å². The molecule has 0 saturated heterocycles. The second-order valence-electron chi connectivity index (χ2n) is 6.54. The van der Waals surface area contributed by atoms with Crippen molar-refractivity contribution in [2.75, 3.05) is 18.5 Å². The third-order valence-electron chi connectivity index (χ3n) is 4.64. The molecule has 0 spiro atoms. The lowest BCUT2D eigenvalue weighted by Gasteiger charge is -2.34. The minimum atomic E-state index is -0.764. The molecule has 146 valence electrons. The number of para-hydroxylation sites is 3. The number of rotatable bonds is 4. The summed E-state index contributed by atoms with van der Waals surface area (Å²) in [4.78, 5) is 26.9. The fraction of sp³-hybridized carbons (Fsp3) is 0.130. The van der Waals surface area contributed by atoms with Crippen molar-refractivity contribution in [3.05, 3.63) is 84.4 Å². The summed E-state index contributed by atoms with van der Waals surface area (Å²) in [6.45, 7) is 0.137. The predicted molar refractivity (Wildman–Crippen MR) is 110 cm³/mol. The van der Waals surface area contributed by atoms with Crippen molar-refractivity contribution >= 4 is 17.5 Å². The van der Waals surface area contributed by atoms with Crippen LogP contribution in [0, 0.1) is 0 Å². The molecule has 0 radical (unpaired) electrons. The molecule has 3 aromatic rings. The number of carbonyl (C=O) groups excluding carboxylic acids is 2. The third kappa shape index (κ3) is 3.91. The van der Waals surface area contributed by atoms with Crippen LogP contribution in [-0.2, 0) is 4.79 Å². The van der Waals surface area contributed by atoms with Crippen LogP contribution in [0.4, 0.5) is 5.69 Å². The van der Waals surface area contributed by atoms with Gasteiger partial charge in [0.15, 0.2) is 6.10 Å². The Morgan fingerprint density at radius 3 is 2.31 bits per heavy atom. The van der Waals surface area contributed by atoms with E-state index in [0.717, 1.165) is 5.75 Å². The van der Waals surface area contributed by atoms with E-state index >= 15 is 0 Å². The summed E-state index contributed by atoms with van der Waals surface area (Å²) < 4.78 is 11.5. The first-order valence-electron chi connectivity index (χ1n) is 9.28. The van der Waals surface area contributed by atoms with E-state index in [1.54, 1.807) is 48.3 Å². The van der Waals surface area contributed by atoms with Gasteiger partial charge in [0.25, 0.3) is 11.8 Å². The molecule has 6 nitrogen and oxygen atoms in total. The number of ether oxygens (including phenoxy) is 2. The van der Waals surface area contributed by atoms with Gasteiger partial charge in [-0.1, -0.05) is 30.3 Å². The molecule has 4 rings (SSSR count). The van der Waals surface area contributed by atoms with Gasteiger partial charge in [-0.25, -0.2) is 0 Å². The molecule has 2 amide bonds. The van der Waals surface area contributed by atoms with E-state index in [9.17, 15) is 9.59 Å². The molecule has 1 aliphatic rings. The van der Waals surface area contributed by atoms with Gasteiger partial charge in [0, 0.05) is 12.6 Å². The molecule has 3 aromatic carbocycles. The first-order valence-corrected chi connectivity index (χ1v) is 9.28. The molecule has 0 bridgehead atoms. The Hall–Kier alpha value is -3.80. The number of nitrogens with zero attached hydrogens (tertiary/aromatic N) is 1. The van der Waals surface area contributed by atoms with Crippen LogP contribution in [0.2, 0.25) is 0 Å². The maximum absolute atomic E-state index is 13.2. The summed E-state index contributed by atoms with van der Waals surface area (Å²) in [5.41, 5.74) is 1.14. The maximum Gasteiger partial charge on any atom is 0.262 e. The van der Waals surface area contributed by atoms with Crippen LogP contribution in [0.25, 0.3) is 0 Å². The number of fused-ring (bicyclic) bond motifs is 1. The average molecular weight is 388 g/mol. The molecule has 29 heavy (non-hydrogen) atoms. The summed E-state index contributed by atoms with van der Waals surface area (Å²) >= 11 is 0. The highest BCUT2D eigenvalue weighted by Gasteiger charge is 2.33. The van der Waals surface area contributed by atoms with Crippen molar-refractivity contribution in [2.45, 2.75) is 6.10 Å². The molecule has 1 atom stereocenters. The lowest BCUT2D eigenvalue weighted by atomic mass is 10.1. The fourth-order valence-corrected chi connectivity index (χ4v) is 3.17. The highest BCUT2D eigenvalue weighted by molar-refractivity contribution is 6.08. The maximum atomic E-state index is 13.2. The quantitative estimate of drug-likeness (QED) is 0.741. The summed E-state index contributed by atoms with van der Waals surface area (Å²) in [6.07, 6.45) is -0.764. The molecule has 1 aliphatic heterocycles. The van der Waals surface area contributed by atoms with Crippen LogP contribution in [0.15, 0.2) is 78.9 Å². The van der Waals surface area contributed by atoms with Crippen LogP contribution in [-0.4, -0.2) is 31.5 Å². The van der Waals surface area contributed by atoms with Gasteiger partial charge in [0.1, 0.15) is 17.2 Å². The van der Waals surface area contributed by atoms with Crippen molar-refractivity contribution in [2.24, 2.45) is 0 Å². The second-order valence-corrected chi connectivity index (χ2v) is 6.54. The summed E-state index contributed by atoms with van der Waals surface area (Å²) in [7, 11) is 1.55. The number of carbonyl (C=O) groups is 2. The smallest absolute Gasteiger partial charge is 0.262 e. The first-order chi connectivity index (χ1) is 14.2. The van der Waals surface area contributed by atoms with Crippen molar-refractivity contribution in [1.82, 2.24) is 5.32 Å². The van der Waals surface area contributed by atoms with Crippen LogP contribution in [0.1, 0.15) is 10.4 Å². The topological polar surface area (TPSA) is 67.9 Å². The molecule has 1 unspecified atom stereocenters. The molecule has 1 heterocycles. The zero-order valence-electron chi connectivity index (χ0n) is 15.9. The van der Waals surface area contributed by atoms with E-state index in [4.69, 9.17) is 9.47 Å². The number of benzene rings is 3. The highest BCUT2D eigenvalue weighted by Crippen LogP contribution is 2.34. The molecular weight excluding hydrogens is 368 g/mol. The largest absolute Gasteiger partial charge is 0.477 e. The van der Waals surface area contributed by atoms with Gasteiger partial charge in [0.2, 0.25) is 0 Å². The van der Waals surface area contributed by atoms with Crippen LogP contribution >= 0.6 is 0 Å². The van der Waals surface area contributed by atoms with Gasteiger partial charge in [-0.3, -0.25) is 9.59 Å². The fourth-order valence-electron chi connectivity index (χ4n) is 3.17. The lowest BCUT2D eigenvalue weighted by molar-refractivity contribution is -0.127. The monoisotopic (exact) mass is 388 g/mol. The van der Waals surface area contributed by atoms with Crippen LogP contribution in [0.3, 0.4) is 0 Å². The van der Waals surface area contributed by atoms with E-state index in [0.29, 0.717) is 22.7 Å². The molecule has 0 aliphatic carbocycles. The van der Waals surface area contributed by atoms with Crippen LogP contribution in [0.5, 0.6) is 17.2 Å². The Kier molecular flexibility index (Phi) is 5.16. The standard InChI is InChI=1S/C23H20N2O4/c1-24-22(26)21-15-25(19-9-5-6-10-20(19)29-21)23(27)16-11-13-18(14-12-16)28-17-7-3-2-4-8-17/h2-14,21H,15H2,1H3,(H,24,26). The molecular formula is C23H20N2O4. The first kappa shape index (κ1) is 18.6. The van der Waals surface area contributed by atoms with E-state index in [-0.39, 0.29) is 18.4 Å². The Morgan fingerprint density at radius 1 is 0.931 bits per heavy atom. The molecule has 1 N–H and O–H groups in total. The Morgan fingerprint density at radius 2 is 1.59 bits per heavy atom. The van der Waals surface area contributed by atoms with Gasteiger partial charge in [-0.05, 0) is 48.5 Å². The zero-order chi connectivity index (χ0) is 20.2. The van der Waals surface area contributed by atoms with Gasteiger partial charge in [-0.2, -0.15) is 0 Å². The Balaban J connectivity index is 1.57. The van der Waals surface area contributed by atoms with Crippen molar-refractivity contribution in [3.63, 3.8) is 0 Å². The summed E-state index contributed by atoms with van der Waals surface area (Å²) in [5, 5.41) is 2.58. The van der Waals surface area contributed by atoms with E-state index in [1.165, 1.54) is 0 Å². The van der Waals surface area contributed by atoms with Crippen molar-refractivity contribution in [1.29, 1.82) is 0 Å². The molecule has 0 aromatic heterocycles. The van der Waals surface area contributed by atoms with E-state index in [2.05, 4.69) is 5.32 Å². The number of hydrogen-bond acceptors (Lipinski definition) is 4. The third-order valence-corrected chi connectivity index (χ3v) is 4.64. The van der Waals surface area contributed by atoms with E-state index in [1.807, 2.05) is 42.5 Å². The second kappa shape index (κ2) is 8.06. The number of anilines is 1. The molecule has 0 saturated carbocycles. The normalized spacial score (nSPS) is 15.1. The van der Waals surface area contributed by atoms with Gasteiger partial charge < -0.3 is 19.7 Å². The zero-order valence-corrected chi connectivity index (χ0v) is 15.9. The number of amides is 2. The van der Waals surface area contributed by atoms with Crippen molar-refractivity contribution < 1.29 is 19.1 Å². The Bertz CT molecular complexity index is 1020. The SMILES string of the molecule is CNC(=O)C1CN(C(=O)c2ccc(Oc3ccccc3)cc2)c2ccccc2O1. The van der Waals surface area contributed by atoms with Crippen LogP contribution < -0.4 is 19.7 Å². The number of likely N-dealkylation sites (N-methyl/N-ethyl adjacent to an activating group) is 1. The average Bonchev–Trinajstić information content (AvgIpc) is 2.78. The molecule has 6 heteroatoms.